The van der Waals surface area contributed by atoms with Gasteiger partial charge in [-0.05, 0) is 73.9 Å². The molecule has 0 saturated carbocycles. The maximum absolute atomic E-state index is 4.85. The zero-order valence-corrected chi connectivity index (χ0v) is 34.7. The van der Waals surface area contributed by atoms with Gasteiger partial charge in [-0.25, -0.2) is 0 Å². The summed E-state index contributed by atoms with van der Waals surface area (Å²) in [5.74, 6) is 0.534. The van der Waals surface area contributed by atoms with Gasteiger partial charge < -0.3 is 9.97 Å². The third-order valence-electron chi connectivity index (χ3n) is 9.34. The van der Waals surface area contributed by atoms with E-state index in [1.807, 2.05) is 47.9 Å². The van der Waals surface area contributed by atoms with Gasteiger partial charge in [0, 0.05) is 42.8 Å². The van der Waals surface area contributed by atoms with Crippen LogP contribution in [-0.2, 0) is 20.1 Å². The summed E-state index contributed by atoms with van der Waals surface area (Å²) in [6.45, 7) is 13.8. The molecule has 8 rings (SSSR count). The molecule has 0 aliphatic heterocycles. The SMILES string of the molecule is CC(C)c1cc(-c2[c-]cccc2)ncc1[Si](C)(C)C.Cc1cc(-c2[c-]ccc3c2sc2ccc(-c4ccccc4)cc23)ncc1-c1ccccc1.[Ir]. The number of hydrogen-bond donors (Lipinski definition) is 0. The smallest absolute Gasteiger partial charge is 0.0799 e. The van der Waals surface area contributed by atoms with Gasteiger partial charge in [0.05, 0.1) is 8.07 Å². The summed E-state index contributed by atoms with van der Waals surface area (Å²) in [4.78, 5) is 9.51. The van der Waals surface area contributed by atoms with Crippen molar-refractivity contribution in [3.8, 4) is 44.8 Å². The Bertz CT molecular complexity index is 2430. The fraction of sp³-hybridized carbons (Fsp3) is 0.149. The molecule has 0 amide bonds. The van der Waals surface area contributed by atoms with Gasteiger partial charge in [0.1, 0.15) is 0 Å². The second kappa shape index (κ2) is 16.0. The van der Waals surface area contributed by atoms with E-state index in [2.05, 4.69) is 161 Å². The van der Waals surface area contributed by atoms with E-state index < -0.39 is 8.07 Å². The van der Waals surface area contributed by atoms with Crippen LogP contribution in [0.15, 0.2) is 140 Å². The molecule has 8 aromatic rings. The van der Waals surface area contributed by atoms with E-state index in [1.54, 1.807) is 0 Å². The molecule has 261 valence electrons. The van der Waals surface area contributed by atoms with Crippen molar-refractivity contribution in [1.29, 1.82) is 0 Å². The van der Waals surface area contributed by atoms with Gasteiger partial charge in [0.25, 0.3) is 0 Å². The van der Waals surface area contributed by atoms with Crippen molar-refractivity contribution in [2.75, 3.05) is 0 Å². The average molecular weight is 887 g/mol. The van der Waals surface area contributed by atoms with Gasteiger partial charge in [0.2, 0.25) is 0 Å². The minimum absolute atomic E-state index is 0. The van der Waals surface area contributed by atoms with Crippen LogP contribution < -0.4 is 5.19 Å². The first-order valence-electron chi connectivity index (χ1n) is 17.6. The summed E-state index contributed by atoms with van der Waals surface area (Å²) in [6.07, 6.45) is 4.09. The summed E-state index contributed by atoms with van der Waals surface area (Å²) >= 11 is 1.82. The number of aryl methyl sites for hydroxylation is 1. The van der Waals surface area contributed by atoms with Crippen LogP contribution >= 0.6 is 11.3 Å². The molecule has 3 aromatic heterocycles. The Balaban J connectivity index is 0.000000200. The predicted molar refractivity (Wildman–Crippen MR) is 223 cm³/mol. The van der Waals surface area contributed by atoms with Crippen LogP contribution in [0, 0.1) is 19.1 Å². The number of fused-ring (bicyclic) bond motifs is 3. The van der Waals surface area contributed by atoms with Crippen LogP contribution in [-0.4, -0.2) is 18.0 Å². The molecule has 0 spiro atoms. The molecule has 3 heterocycles. The van der Waals surface area contributed by atoms with Crippen LogP contribution in [0.2, 0.25) is 19.6 Å². The summed E-state index contributed by atoms with van der Waals surface area (Å²) in [5, 5.41) is 4.03. The van der Waals surface area contributed by atoms with Crippen molar-refractivity contribution >= 4 is 44.8 Å². The Morgan fingerprint density at radius 1 is 0.635 bits per heavy atom. The fourth-order valence-corrected chi connectivity index (χ4v) is 9.50. The van der Waals surface area contributed by atoms with Gasteiger partial charge in [-0.2, -0.15) is 11.3 Å². The molecule has 0 fully saturated rings. The van der Waals surface area contributed by atoms with Crippen molar-refractivity contribution in [1.82, 2.24) is 9.97 Å². The zero-order valence-electron chi connectivity index (χ0n) is 30.5. The molecule has 0 N–H and O–H groups in total. The molecular weight excluding hydrogens is 845 g/mol. The molecule has 0 unspecified atom stereocenters. The number of thiophene rings is 1. The second-order valence-corrected chi connectivity index (χ2v) is 20.5. The monoisotopic (exact) mass is 887 g/mol. The van der Waals surface area contributed by atoms with E-state index in [0.717, 1.165) is 22.5 Å². The Labute approximate surface area is 327 Å². The average Bonchev–Trinajstić information content (AvgIpc) is 3.54. The topological polar surface area (TPSA) is 25.8 Å². The molecule has 0 saturated heterocycles. The van der Waals surface area contributed by atoms with Crippen molar-refractivity contribution in [3.63, 3.8) is 0 Å². The maximum atomic E-state index is 4.85. The van der Waals surface area contributed by atoms with Crippen LogP contribution in [0.4, 0.5) is 0 Å². The molecule has 0 aliphatic rings. The third kappa shape index (κ3) is 7.94. The van der Waals surface area contributed by atoms with Crippen LogP contribution in [0.1, 0.15) is 30.9 Å². The Morgan fingerprint density at radius 3 is 1.98 bits per heavy atom. The number of nitrogens with zero attached hydrogens (tertiary/aromatic N) is 2. The minimum Gasteiger partial charge on any atom is -0.305 e. The van der Waals surface area contributed by atoms with Crippen LogP contribution in [0.5, 0.6) is 0 Å². The fourth-order valence-electron chi connectivity index (χ4n) is 6.63. The normalized spacial score (nSPS) is 11.3. The van der Waals surface area contributed by atoms with Gasteiger partial charge in [-0.1, -0.05) is 123 Å². The number of pyridine rings is 2. The minimum atomic E-state index is -1.34. The number of aromatic nitrogens is 2. The van der Waals surface area contributed by atoms with Crippen molar-refractivity contribution < 1.29 is 20.1 Å². The number of rotatable bonds is 6. The van der Waals surface area contributed by atoms with Gasteiger partial charge in [-0.15, -0.1) is 59.7 Å². The summed E-state index contributed by atoms with van der Waals surface area (Å²) < 4.78 is 2.53. The van der Waals surface area contributed by atoms with Gasteiger partial charge >= 0.3 is 0 Å². The Kier molecular flexibility index (Phi) is 11.5. The number of hydrogen-bond acceptors (Lipinski definition) is 3. The van der Waals surface area contributed by atoms with Gasteiger partial charge in [-0.3, -0.25) is 0 Å². The number of benzene rings is 5. The molecule has 0 atom stereocenters. The standard InChI is InChI=1S/C30H20NS.C17H22NSi.Ir/c1-20-17-28(31-19-27(20)22-11-6-3-7-12-22)25-14-8-13-24-26-18-23(21-9-4-2-5-10-21)15-16-29(26)32-30(24)25;1-13(2)15-11-16(14-9-7-6-8-10-14)18-12-17(15)19(3,4)5;/h2-13,15-19H,1H3;6-9,11-13H,1-5H3;/q2*-1;. The van der Waals surface area contributed by atoms with Gasteiger partial charge in [0.15, 0.2) is 0 Å². The second-order valence-electron chi connectivity index (χ2n) is 14.4. The first-order valence-corrected chi connectivity index (χ1v) is 21.9. The van der Waals surface area contributed by atoms with Crippen molar-refractivity contribution in [2.45, 2.75) is 46.3 Å². The van der Waals surface area contributed by atoms with Crippen molar-refractivity contribution in [3.05, 3.63) is 163 Å². The summed E-state index contributed by atoms with van der Waals surface area (Å²) in [6, 6.07) is 51.2. The summed E-state index contributed by atoms with van der Waals surface area (Å²) in [5.41, 5.74) is 11.7. The van der Waals surface area contributed by atoms with Crippen LogP contribution in [0.3, 0.4) is 0 Å². The Hall–Kier alpha value is -4.51. The van der Waals surface area contributed by atoms with E-state index in [0.29, 0.717) is 5.92 Å². The third-order valence-corrected chi connectivity index (χ3v) is 12.6. The molecule has 52 heavy (non-hydrogen) atoms. The molecule has 0 bridgehead atoms. The van der Waals surface area contributed by atoms with E-state index in [9.17, 15) is 0 Å². The largest absolute Gasteiger partial charge is 0.305 e. The molecule has 2 nitrogen and oxygen atoms in total. The Morgan fingerprint density at radius 2 is 1.33 bits per heavy atom. The summed E-state index contributed by atoms with van der Waals surface area (Å²) in [7, 11) is -1.34. The maximum Gasteiger partial charge on any atom is 0.0799 e. The van der Waals surface area contributed by atoms with E-state index in [-0.39, 0.29) is 20.1 Å². The molecule has 0 aliphatic carbocycles. The van der Waals surface area contributed by atoms with E-state index in [4.69, 9.17) is 4.98 Å². The first-order chi connectivity index (χ1) is 24.7. The quantitative estimate of drug-likeness (QED) is 0.123. The van der Waals surface area contributed by atoms with Crippen molar-refractivity contribution in [2.24, 2.45) is 0 Å². The zero-order chi connectivity index (χ0) is 35.5. The van der Waals surface area contributed by atoms with Crippen LogP contribution in [0.25, 0.3) is 64.9 Å². The predicted octanol–water partition coefficient (Wildman–Crippen LogP) is 12.8. The molecule has 5 aromatic carbocycles. The molecular formula is C47H42IrN2SSi-2. The molecule has 1 radical (unpaired) electrons. The van der Waals surface area contributed by atoms with E-state index in [1.165, 1.54) is 58.7 Å². The van der Waals surface area contributed by atoms with E-state index >= 15 is 0 Å². The molecule has 5 heteroatoms. The first kappa shape index (κ1) is 37.2.